The van der Waals surface area contributed by atoms with E-state index in [4.69, 9.17) is 0 Å². The molecule has 1 heterocycles. The number of nitrogens with one attached hydrogen (secondary N) is 1. The fourth-order valence-corrected chi connectivity index (χ4v) is 2.38. The molecule has 0 aliphatic carbocycles. The molecular formula is C14H20N2. The second kappa shape index (κ2) is 4.30. The van der Waals surface area contributed by atoms with E-state index in [9.17, 15) is 0 Å². The Hall–Kier alpha value is -1.28. The SMILES string of the molecule is CCn1c(C(C)NC)cc2cccc(C)c21. The first-order valence-electron chi connectivity index (χ1n) is 5.95. The summed E-state index contributed by atoms with van der Waals surface area (Å²) in [5, 5.41) is 4.66. The summed E-state index contributed by atoms with van der Waals surface area (Å²) in [6.07, 6.45) is 0. The monoisotopic (exact) mass is 216 g/mol. The lowest BCUT2D eigenvalue weighted by molar-refractivity contribution is 0.589. The molecule has 0 fully saturated rings. The van der Waals surface area contributed by atoms with E-state index in [1.807, 2.05) is 7.05 Å². The third-order valence-corrected chi connectivity index (χ3v) is 3.35. The molecule has 0 aliphatic rings. The average molecular weight is 216 g/mol. The summed E-state index contributed by atoms with van der Waals surface area (Å²) in [4.78, 5) is 0. The maximum absolute atomic E-state index is 3.32. The van der Waals surface area contributed by atoms with Crippen LogP contribution in [0.3, 0.4) is 0 Å². The first-order valence-corrected chi connectivity index (χ1v) is 5.95. The molecule has 1 aromatic carbocycles. The number of aromatic nitrogens is 1. The molecule has 1 unspecified atom stereocenters. The molecule has 1 atom stereocenters. The Balaban J connectivity index is 2.72. The minimum atomic E-state index is 0.395. The number of rotatable bonds is 3. The Kier molecular flexibility index (Phi) is 3.01. The summed E-state index contributed by atoms with van der Waals surface area (Å²) in [7, 11) is 2.01. The third kappa shape index (κ3) is 1.63. The van der Waals surface area contributed by atoms with Crippen molar-refractivity contribution in [3.63, 3.8) is 0 Å². The maximum atomic E-state index is 3.32. The summed E-state index contributed by atoms with van der Waals surface area (Å²) in [5.74, 6) is 0. The summed E-state index contributed by atoms with van der Waals surface area (Å²) in [5.41, 5.74) is 4.10. The highest BCUT2D eigenvalue weighted by Gasteiger charge is 2.13. The fraction of sp³-hybridized carbons (Fsp3) is 0.429. The van der Waals surface area contributed by atoms with Gasteiger partial charge in [0, 0.05) is 23.7 Å². The number of para-hydroxylation sites is 1. The molecule has 0 saturated carbocycles. The molecule has 0 saturated heterocycles. The number of hydrogen-bond donors (Lipinski definition) is 1. The minimum Gasteiger partial charge on any atom is -0.343 e. The third-order valence-electron chi connectivity index (χ3n) is 3.35. The van der Waals surface area contributed by atoms with Gasteiger partial charge in [0.05, 0.1) is 5.52 Å². The Morgan fingerprint density at radius 1 is 1.38 bits per heavy atom. The molecule has 2 rings (SSSR count). The molecule has 0 spiro atoms. The molecule has 1 aromatic heterocycles. The maximum Gasteiger partial charge on any atom is 0.0512 e. The molecule has 86 valence electrons. The molecule has 2 nitrogen and oxygen atoms in total. The lowest BCUT2D eigenvalue weighted by Crippen LogP contribution is -2.16. The summed E-state index contributed by atoms with van der Waals surface area (Å²) < 4.78 is 2.41. The smallest absolute Gasteiger partial charge is 0.0512 e. The number of fused-ring (bicyclic) bond motifs is 1. The highest BCUT2D eigenvalue weighted by Crippen LogP contribution is 2.26. The molecule has 0 bridgehead atoms. The van der Waals surface area contributed by atoms with Crippen molar-refractivity contribution in [2.45, 2.75) is 33.4 Å². The number of nitrogens with zero attached hydrogens (tertiary/aromatic N) is 1. The predicted molar refractivity (Wildman–Crippen MR) is 69.8 cm³/mol. The van der Waals surface area contributed by atoms with E-state index in [1.54, 1.807) is 0 Å². The molecule has 0 amide bonds. The van der Waals surface area contributed by atoms with Gasteiger partial charge in [0.25, 0.3) is 0 Å². The molecule has 2 heteroatoms. The van der Waals surface area contributed by atoms with Gasteiger partial charge in [-0.25, -0.2) is 0 Å². The van der Waals surface area contributed by atoms with Crippen molar-refractivity contribution in [1.82, 2.24) is 9.88 Å². The molecule has 16 heavy (non-hydrogen) atoms. The van der Waals surface area contributed by atoms with E-state index in [0.29, 0.717) is 6.04 Å². The van der Waals surface area contributed by atoms with E-state index in [1.165, 1.54) is 22.2 Å². The van der Waals surface area contributed by atoms with Gasteiger partial charge in [0.2, 0.25) is 0 Å². The first kappa shape index (κ1) is 11.2. The first-order chi connectivity index (χ1) is 7.69. The van der Waals surface area contributed by atoms with Crippen molar-refractivity contribution >= 4 is 10.9 Å². The van der Waals surface area contributed by atoms with Crippen molar-refractivity contribution in [3.05, 3.63) is 35.5 Å². The van der Waals surface area contributed by atoms with Crippen LogP contribution in [0.2, 0.25) is 0 Å². The normalized spacial score (nSPS) is 13.2. The van der Waals surface area contributed by atoms with Crippen LogP contribution in [0.25, 0.3) is 10.9 Å². The summed E-state index contributed by atoms with van der Waals surface area (Å²) in [6.45, 7) is 7.62. The number of hydrogen-bond acceptors (Lipinski definition) is 1. The second-order valence-electron chi connectivity index (χ2n) is 4.34. The second-order valence-corrected chi connectivity index (χ2v) is 4.34. The van der Waals surface area contributed by atoms with Crippen LogP contribution in [-0.4, -0.2) is 11.6 Å². The van der Waals surface area contributed by atoms with Crippen LogP contribution < -0.4 is 5.32 Å². The van der Waals surface area contributed by atoms with Gasteiger partial charge >= 0.3 is 0 Å². The van der Waals surface area contributed by atoms with Gasteiger partial charge in [-0.2, -0.15) is 0 Å². The van der Waals surface area contributed by atoms with E-state index < -0.39 is 0 Å². The predicted octanol–water partition coefficient (Wildman–Crippen LogP) is 3.25. The zero-order chi connectivity index (χ0) is 11.7. The minimum absolute atomic E-state index is 0.395. The van der Waals surface area contributed by atoms with Crippen molar-refractivity contribution in [2.24, 2.45) is 0 Å². The van der Waals surface area contributed by atoms with Gasteiger partial charge in [-0.05, 0) is 39.4 Å². The standard InChI is InChI=1S/C14H20N2/c1-5-16-13(11(3)15-4)9-12-8-6-7-10(2)14(12)16/h6-9,11,15H,5H2,1-4H3. The molecular weight excluding hydrogens is 196 g/mol. The van der Waals surface area contributed by atoms with Gasteiger partial charge in [0.15, 0.2) is 0 Å². The van der Waals surface area contributed by atoms with Crippen molar-refractivity contribution in [2.75, 3.05) is 7.05 Å². The van der Waals surface area contributed by atoms with Gasteiger partial charge in [-0.15, -0.1) is 0 Å². The van der Waals surface area contributed by atoms with Crippen LogP contribution in [0.1, 0.15) is 31.1 Å². The van der Waals surface area contributed by atoms with Crippen LogP contribution in [0, 0.1) is 6.92 Å². The summed E-state index contributed by atoms with van der Waals surface area (Å²) >= 11 is 0. The quantitative estimate of drug-likeness (QED) is 0.833. The van der Waals surface area contributed by atoms with Gasteiger partial charge < -0.3 is 9.88 Å². The van der Waals surface area contributed by atoms with Crippen LogP contribution in [0.4, 0.5) is 0 Å². The molecule has 0 radical (unpaired) electrons. The van der Waals surface area contributed by atoms with E-state index in [0.717, 1.165) is 6.54 Å². The Morgan fingerprint density at radius 3 is 2.75 bits per heavy atom. The highest BCUT2D eigenvalue weighted by molar-refractivity contribution is 5.84. The van der Waals surface area contributed by atoms with Crippen molar-refractivity contribution in [1.29, 1.82) is 0 Å². The van der Waals surface area contributed by atoms with Gasteiger partial charge in [-0.3, -0.25) is 0 Å². The molecule has 0 aliphatic heterocycles. The highest BCUT2D eigenvalue weighted by atomic mass is 15.0. The lowest BCUT2D eigenvalue weighted by Gasteiger charge is -2.14. The van der Waals surface area contributed by atoms with Gasteiger partial charge in [0.1, 0.15) is 0 Å². The zero-order valence-corrected chi connectivity index (χ0v) is 10.5. The molecule has 2 aromatic rings. The van der Waals surface area contributed by atoms with Crippen molar-refractivity contribution in [3.8, 4) is 0 Å². The largest absolute Gasteiger partial charge is 0.343 e. The summed E-state index contributed by atoms with van der Waals surface area (Å²) in [6, 6.07) is 9.20. The van der Waals surface area contributed by atoms with Crippen LogP contribution in [0.15, 0.2) is 24.3 Å². The Bertz CT molecular complexity index is 497. The van der Waals surface area contributed by atoms with E-state index in [2.05, 4.69) is 54.9 Å². The van der Waals surface area contributed by atoms with E-state index in [-0.39, 0.29) is 0 Å². The number of benzene rings is 1. The topological polar surface area (TPSA) is 17.0 Å². The number of aryl methyl sites for hydroxylation is 2. The van der Waals surface area contributed by atoms with E-state index >= 15 is 0 Å². The Morgan fingerprint density at radius 2 is 2.12 bits per heavy atom. The van der Waals surface area contributed by atoms with Crippen LogP contribution >= 0.6 is 0 Å². The molecule has 1 N–H and O–H groups in total. The van der Waals surface area contributed by atoms with Crippen molar-refractivity contribution < 1.29 is 0 Å². The Labute approximate surface area is 97.3 Å². The van der Waals surface area contributed by atoms with Crippen LogP contribution in [-0.2, 0) is 6.54 Å². The van der Waals surface area contributed by atoms with Gasteiger partial charge in [-0.1, -0.05) is 18.2 Å². The average Bonchev–Trinajstić information content (AvgIpc) is 2.68. The fourth-order valence-electron chi connectivity index (χ4n) is 2.38. The van der Waals surface area contributed by atoms with Crippen LogP contribution in [0.5, 0.6) is 0 Å². The zero-order valence-electron chi connectivity index (χ0n) is 10.5. The lowest BCUT2D eigenvalue weighted by atomic mass is 10.1.